The second-order valence-electron chi connectivity index (χ2n) is 6.49. The molecule has 2 fully saturated rings. The molecule has 1 saturated heterocycles. The van der Waals surface area contributed by atoms with E-state index in [-0.39, 0.29) is 17.8 Å². The molecule has 5 heteroatoms. The molecule has 1 aliphatic carbocycles. The van der Waals surface area contributed by atoms with E-state index in [2.05, 4.69) is 5.32 Å². The molecule has 1 unspecified atom stereocenters. The summed E-state index contributed by atoms with van der Waals surface area (Å²) >= 11 is 0. The summed E-state index contributed by atoms with van der Waals surface area (Å²) in [6.07, 6.45) is 1.33. The van der Waals surface area contributed by atoms with E-state index in [1.54, 1.807) is 6.92 Å². The zero-order chi connectivity index (χ0) is 13.8. The molecule has 1 aliphatic heterocycles. The van der Waals surface area contributed by atoms with Crippen LogP contribution in [0.2, 0.25) is 0 Å². The van der Waals surface area contributed by atoms with Gasteiger partial charge in [0.2, 0.25) is 11.8 Å². The maximum absolute atomic E-state index is 12.0. The zero-order valence-electron chi connectivity index (χ0n) is 11.3. The van der Waals surface area contributed by atoms with Gasteiger partial charge in [0, 0.05) is 10.8 Å². The van der Waals surface area contributed by atoms with Crippen LogP contribution in [-0.4, -0.2) is 24.9 Å². The fourth-order valence-electron chi connectivity index (χ4n) is 3.89. The van der Waals surface area contributed by atoms with E-state index in [1.807, 2.05) is 13.8 Å². The number of amides is 2. The van der Waals surface area contributed by atoms with Gasteiger partial charge in [0.25, 0.3) is 0 Å². The second kappa shape index (κ2) is 3.56. The van der Waals surface area contributed by atoms with Crippen LogP contribution in [0.25, 0.3) is 0 Å². The van der Waals surface area contributed by atoms with Crippen molar-refractivity contribution in [1.82, 2.24) is 5.32 Å². The van der Waals surface area contributed by atoms with Gasteiger partial charge in [-0.2, -0.15) is 0 Å². The summed E-state index contributed by atoms with van der Waals surface area (Å²) in [5.74, 6) is -0.901. The Balaban J connectivity index is 2.45. The number of nitrogens with one attached hydrogen (secondary N) is 1. The van der Waals surface area contributed by atoms with E-state index < -0.39 is 16.2 Å². The van der Waals surface area contributed by atoms with Gasteiger partial charge in [-0.15, -0.1) is 0 Å². The Morgan fingerprint density at radius 1 is 1.06 bits per heavy atom. The smallest absolute Gasteiger partial charge is 0.311 e. The molecule has 2 bridgehead atoms. The van der Waals surface area contributed by atoms with Gasteiger partial charge < -0.3 is 4.74 Å². The standard InChI is InChI=1S/C13H19NO4/c1-11-5-12(2,9(16)14-8(11)15)7-13(3,6-11)10(17)18-4/h5-7H2,1-4H3,(H,14,15,16)/t11-,12+,13?. The van der Waals surface area contributed by atoms with Crippen molar-refractivity contribution < 1.29 is 19.1 Å². The molecule has 5 nitrogen and oxygen atoms in total. The van der Waals surface area contributed by atoms with E-state index in [9.17, 15) is 14.4 Å². The molecule has 1 heterocycles. The van der Waals surface area contributed by atoms with Gasteiger partial charge in [-0.3, -0.25) is 19.7 Å². The zero-order valence-corrected chi connectivity index (χ0v) is 11.3. The summed E-state index contributed by atoms with van der Waals surface area (Å²) < 4.78 is 4.84. The SMILES string of the molecule is COC(=O)C1(C)C[C@@]2(C)C[C@@](C)(C1)C(=O)NC2=O. The number of fused-ring (bicyclic) bond motifs is 2. The molecule has 2 rings (SSSR count). The predicted molar refractivity (Wildman–Crippen MR) is 63.3 cm³/mol. The highest BCUT2D eigenvalue weighted by Gasteiger charge is 2.61. The van der Waals surface area contributed by atoms with E-state index in [1.165, 1.54) is 7.11 Å². The first-order valence-corrected chi connectivity index (χ1v) is 6.10. The lowest BCUT2D eigenvalue weighted by atomic mass is 9.52. The average molecular weight is 253 g/mol. The Morgan fingerprint density at radius 3 is 1.89 bits per heavy atom. The minimum atomic E-state index is -0.774. The number of carbonyl (C=O) groups is 3. The molecular formula is C13H19NO4. The third-order valence-corrected chi connectivity index (χ3v) is 4.34. The fourth-order valence-corrected chi connectivity index (χ4v) is 3.89. The van der Waals surface area contributed by atoms with Crippen molar-refractivity contribution in [3.05, 3.63) is 0 Å². The number of ether oxygens (including phenoxy) is 1. The quantitative estimate of drug-likeness (QED) is 0.559. The summed E-state index contributed by atoms with van der Waals surface area (Å²) in [5.41, 5.74) is -2.13. The van der Waals surface area contributed by atoms with Crippen LogP contribution in [0.3, 0.4) is 0 Å². The van der Waals surface area contributed by atoms with E-state index in [0.717, 1.165) is 0 Å². The molecule has 0 spiro atoms. The van der Waals surface area contributed by atoms with Crippen molar-refractivity contribution in [1.29, 1.82) is 0 Å². The number of hydrogen-bond donors (Lipinski definition) is 1. The van der Waals surface area contributed by atoms with Crippen LogP contribution in [0.4, 0.5) is 0 Å². The molecule has 3 atom stereocenters. The van der Waals surface area contributed by atoms with Crippen molar-refractivity contribution in [2.75, 3.05) is 7.11 Å². The number of carbonyl (C=O) groups excluding carboxylic acids is 3. The van der Waals surface area contributed by atoms with Gasteiger partial charge >= 0.3 is 5.97 Å². The number of esters is 1. The highest BCUT2D eigenvalue weighted by atomic mass is 16.5. The summed E-state index contributed by atoms with van der Waals surface area (Å²) in [4.78, 5) is 35.9. The molecule has 1 saturated carbocycles. The first-order chi connectivity index (χ1) is 8.15. The maximum Gasteiger partial charge on any atom is 0.311 e. The largest absolute Gasteiger partial charge is 0.469 e. The summed E-state index contributed by atoms with van der Waals surface area (Å²) in [5, 5.41) is 2.43. The van der Waals surface area contributed by atoms with E-state index in [4.69, 9.17) is 4.74 Å². The molecule has 2 aliphatic rings. The maximum atomic E-state index is 12.0. The van der Waals surface area contributed by atoms with E-state index in [0.29, 0.717) is 19.3 Å². The van der Waals surface area contributed by atoms with Crippen LogP contribution in [0.1, 0.15) is 40.0 Å². The number of hydrogen-bond acceptors (Lipinski definition) is 4. The Kier molecular flexibility index (Phi) is 2.58. The lowest BCUT2D eigenvalue weighted by Crippen LogP contribution is -2.62. The Hall–Kier alpha value is -1.39. The van der Waals surface area contributed by atoms with Crippen LogP contribution in [0.5, 0.6) is 0 Å². The molecule has 0 aromatic rings. The van der Waals surface area contributed by atoms with Gasteiger partial charge in [0.1, 0.15) is 0 Å². The molecular weight excluding hydrogens is 234 g/mol. The first kappa shape index (κ1) is 13.1. The number of rotatable bonds is 1. The lowest BCUT2D eigenvalue weighted by Gasteiger charge is -2.52. The van der Waals surface area contributed by atoms with Crippen LogP contribution in [0, 0.1) is 16.2 Å². The molecule has 0 radical (unpaired) electrons. The molecule has 100 valence electrons. The average Bonchev–Trinajstić information content (AvgIpc) is 2.24. The third-order valence-electron chi connectivity index (χ3n) is 4.34. The molecule has 18 heavy (non-hydrogen) atoms. The number of imide groups is 1. The van der Waals surface area contributed by atoms with Crippen molar-refractivity contribution >= 4 is 17.8 Å². The van der Waals surface area contributed by atoms with Crippen molar-refractivity contribution in [2.45, 2.75) is 40.0 Å². The normalized spacial score (nSPS) is 43.3. The monoisotopic (exact) mass is 253 g/mol. The predicted octanol–water partition coefficient (Wildman–Crippen LogP) is 1.02. The molecule has 0 aromatic heterocycles. The van der Waals surface area contributed by atoms with Crippen LogP contribution in [0.15, 0.2) is 0 Å². The Labute approximate surface area is 106 Å². The van der Waals surface area contributed by atoms with Crippen LogP contribution < -0.4 is 5.32 Å². The number of piperidine rings is 1. The minimum absolute atomic E-state index is 0.278. The number of methoxy groups -OCH3 is 1. The third kappa shape index (κ3) is 1.64. The van der Waals surface area contributed by atoms with Gasteiger partial charge in [0.05, 0.1) is 12.5 Å². The van der Waals surface area contributed by atoms with Crippen molar-refractivity contribution in [3.8, 4) is 0 Å². The van der Waals surface area contributed by atoms with Crippen molar-refractivity contribution in [3.63, 3.8) is 0 Å². The molecule has 2 amide bonds. The van der Waals surface area contributed by atoms with Gasteiger partial charge in [0.15, 0.2) is 0 Å². The first-order valence-electron chi connectivity index (χ1n) is 6.10. The summed E-state index contributed by atoms with van der Waals surface area (Å²) in [7, 11) is 1.34. The van der Waals surface area contributed by atoms with Gasteiger partial charge in [-0.1, -0.05) is 13.8 Å². The minimum Gasteiger partial charge on any atom is -0.469 e. The van der Waals surface area contributed by atoms with Crippen molar-refractivity contribution in [2.24, 2.45) is 16.2 Å². The molecule has 1 N–H and O–H groups in total. The summed E-state index contributed by atoms with van der Waals surface area (Å²) in [6.45, 7) is 5.40. The van der Waals surface area contributed by atoms with Crippen LogP contribution >= 0.6 is 0 Å². The Bertz CT molecular complexity index is 416. The van der Waals surface area contributed by atoms with Gasteiger partial charge in [-0.25, -0.2) is 0 Å². The highest BCUT2D eigenvalue weighted by Crippen LogP contribution is 2.56. The lowest BCUT2D eigenvalue weighted by molar-refractivity contribution is -0.172. The Morgan fingerprint density at radius 2 is 1.50 bits per heavy atom. The fraction of sp³-hybridized carbons (Fsp3) is 0.769. The second-order valence-corrected chi connectivity index (χ2v) is 6.49. The van der Waals surface area contributed by atoms with Crippen LogP contribution in [-0.2, 0) is 19.1 Å². The van der Waals surface area contributed by atoms with Gasteiger partial charge in [-0.05, 0) is 26.2 Å². The summed E-state index contributed by atoms with van der Waals surface area (Å²) in [6, 6.07) is 0. The highest BCUT2D eigenvalue weighted by molar-refractivity contribution is 6.04. The molecule has 0 aromatic carbocycles. The van der Waals surface area contributed by atoms with E-state index >= 15 is 0 Å². The topological polar surface area (TPSA) is 72.5 Å².